The summed E-state index contributed by atoms with van der Waals surface area (Å²) in [5, 5.41) is 0. The lowest BCUT2D eigenvalue weighted by atomic mass is 10.0. The van der Waals surface area contributed by atoms with E-state index in [-0.39, 0.29) is 0 Å². The third kappa shape index (κ3) is 8.20. The predicted molar refractivity (Wildman–Crippen MR) is 176 cm³/mol. The third-order valence-corrected chi connectivity index (χ3v) is 8.45. The highest BCUT2D eigenvalue weighted by Gasteiger charge is 2.25. The molecule has 0 saturated carbocycles. The second-order valence-corrected chi connectivity index (χ2v) is 11.5. The Morgan fingerprint density at radius 1 is 0.386 bits per heavy atom. The summed E-state index contributed by atoms with van der Waals surface area (Å²) >= 11 is 0. The van der Waals surface area contributed by atoms with E-state index in [1.54, 1.807) is 0 Å². The fourth-order valence-corrected chi connectivity index (χ4v) is 6.31. The minimum atomic E-state index is -1.87. The molecule has 0 aliphatic heterocycles. The van der Waals surface area contributed by atoms with E-state index < -0.39 is 17.2 Å². The van der Waals surface area contributed by atoms with Crippen molar-refractivity contribution in [3.63, 3.8) is 0 Å². The van der Waals surface area contributed by atoms with Crippen molar-refractivity contribution in [1.82, 2.24) is 0 Å². The van der Waals surface area contributed by atoms with Gasteiger partial charge in [0.05, 0.1) is 0 Å². The highest BCUT2D eigenvalue weighted by molar-refractivity contribution is 7.43. The fourth-order valence-electron chi connectivity index (χ4n) is 4.26. The van der Waals surface area contributed by atoms with Crippen LogP contribution < -0.4 is 22.6 Å². The molecule has 0 spiro atoms. The molecule has 8 heteroatoms. The Bertz CT molecular complexity index is 1640. The summed E-state index contributed by atoms with van der Waals surface area (Å²) in [5.74, 6) is 3.82. The Balaban J connectivity index is 1.29. The topological polar surface area (TPSA) is 55.4 Å². The van der Waals surface area contributed by atoms with Crippen LogP contribution in [0.5, 0.6) is 28.7 Å². The van der Waals surface area contributed by atoms with Gasteiger partial charge in [0.2, 0.25) is 0 Å². The smallest absolute Gasteiger partial charge is 0.409 e. The molecule has 0 saturated heterocycles. The SMILES string of the molecule is C1=CC(OP(Oc2ccccc2)Oc2ccccc2-c2ccccc2OP(Oc2ccccc2)Oc2ccccc2)=CCC1. The van der Waals surface area contributed by atoms with E-state index in [4.69, 9.17) is 27.1 Å². The maximum Gasteiger partial charge on any atom is 0.530 e. The van der Waals surface area contributed by atoms with Gasteiger partial charge >= 0.3 is 17.2 Å². The molecule has 0 fully saturated rings. The molecule has 1 unspecified atom stereocenters. The Labute approximate surface area is 260 Å². The van der Waals surface area contributed by atoms with Crippen LogP contribution in [0.15, 0.2) is 164 Å². The summed E-state index contributed by atoms with van der Waals surface area (Å²) in [5.41, 5.74) is 1.61. The second kappa shape index (κ2) is 15.1. The quantitative estimate of drug-likeness (QED) is 0.122. The standard InChI is InChI=1S/C36H30O6P2/c1-5-17-29(18-6-1)37-43(38-30-19-7-2-8-20-30)41-35-27-15-13-25-33(35)34-26-14-16-28-36(34)42-44(39-31-21-9-3-10-22-31)40-32-23-11-4-12-24-32/h1-3,5-11,13-28H,4,12H2. The molecular weight excluding hydrogens is 590 g/mol. The highest BCUT2D eigenvalue weighted by Crippen LogP contribution is 2.50. The lowest BCUT2D eigenvalue weighted by molar-refractivity contribution is 0.338. The van der Waals surface area contributed by atoms with Gasteiger partial charge in [-0.25, -0.2) is 0 Å². The second-order valence-electron chi connectivity index (χ2n) is 9.51. The van der Waals surface area contributed by atoms with Crippen LogP contribution in [-0.4, -0.2) is 0 Å². The third-order valence-electron chi connectivity index (χ3n) is 6.32. The van der Waals surface area contributed by atoms with Crippen LogP contribution in [0.4, 0.5) is 0 Å². The van der Waals surface area contributed by atoms with Gasteiger partial charge in [0.25, 0.3) is 0 Å². The van der Waals surface area contributed by atoms with Crippen molar-refractivity contribution in [1.29, 1.82) is 0 Å². The first-order valence-electron chi connectivity index (χ1n) is 14.2. The van der Waals surface area contributed by atoms with Crippen LogP contribution in [0.25, 0.3) is 11.1 Å². The van der Waals surface area contributed by atoms with E-state index in [1.807, 2.05) is 152 Å². The molecule has 5 aromatic rings. The first-order chi connectivity index (χ1) is 21.8. The molecule has 44 heavy (non-hydrogen) atoms. The molecule has 6 rings (SSSR count). The van der Waals surface area contributed by atoms with E-state index in [9.17, 15) is 0 Å². The molecule has 1 aliphatic carbocycles. The molecule has 0 aromatic heterocycles. The van der Waals surface area contributed by atoms with Gasteiger partial charge in [-0.15, -0.1) is 0 Å². The van der Waals surface area contributed by atoms with Crippen LogP contribution in [-0.2, 0) is 4.52 Å². The van der Waals surface area contributed by atoms with Gasteiger partial charge in [-0.2, -0.15) is 0 Å². The van der Waals surface area contributed by atoms with Crippen LogP contribution in [0, 0.1) is 0 Å². The lowest BCUT2D eigenvalue weighted by Crippen LogP contribution is -2.04. The minimum absolute atomic E-state index is 0.577. The Kier molecular flexibility index (Phi) is 10.1. The van der Waals surface area contributed by atoms with E-state index in [2.05, 4.69) is 6.08 Å². The zero-order valence-corrected chi connectivity index (χ0v) is 25.6. The molecule has 5 aromatic carbocycles. The Morgan fingerprint density at radius 2 is 0.795 bits per heavy atom. The number of hydrogen-bond acceptors (Lipinski definition) is 6. The number of benzene rings is 5. The van der Waals surface area contributed by atoms with Crippen molar-refractivity contribution in [3.8, 4) is 39.9 Å². The number of para-hydroxylation sites is 5. The zero-order valence-electron chi connectivity index (χ0n) is 23.8. The van der Waals surface area contributed by atoms with Gasteiger partial charge < -0.3 is 27.1 Å². The van der Waals surface area contributed by atoms with Crippen LogP contribution in [0.2, 0.25) is 0 Å². The summed E-state index contributed by atoms with van der Waals surface area (Å²) in [7, 11) is -3.71. The van der Waals surface area contributed by atoms with E-state index in [1.165, 1.54) is 0 Å². The summed E-state index contributed by atoms with van der Waals surface area (Å²) in [6, 6.07) is 44.0. The van der Waals surface area contributed by atoms with Crippen molar-refractivity contribution in [2.75, 3.05) is 0 Å². The average molecular weight is 621 g/mol. The van der Waals surface area contributed by atoms with Gasteiger partial charge in [0.1, 0.15) is 34.5 Å². The molecule has 1 aliphatic rings. The molecular formula is C36H30O6P2. The normalized spacial score (nSPS) is 13.0. The van der Waals surface area contributed by atoms with Crippen LogP contribution in [0.3, 0.4) is 0 Å². The molecule has 0 heterocycles. The number of rotatable bonds is 13. The van der Waals surface area contributed by atoms with E-state index in [0.29, 0.717) is 28.7 Å². The number of hydrogen-bond donors (Lipinski definition) is 0. The summed E-state index contributed by atoms with van der Waals surface area (Å²) in [6.45, 7) is 0. The molecule has 1 atom stereocenters. The van der Waals surface area contributed by atoms with Gasteiger partial charge in [-0.3, -0.25) is 0 Å². The summed E-state index contributed by atoms with van der Waals surface area (Å²) < 4.78 is 37.8. The minimum Gasteiger partial charge on any atom is -0.409 e. The van der Waals surface area contributed by atoms with Crippen molar-refractivity contribution in [3.05, 3.63) is 164 Å². The van der Waals surface area contributed by atoms with Crippen LogP contribution >= 0.6 is 17.2 Å². The monoisotopic (exact) mass is 620 g/mol. The van der Waals surface area contributed by atoms with Crippen molar-refractivity contribution < 1.29 is 27.1 Å². The highest BCUT2D eigenvalue weighted by atomic mass is 31.2. The molecule has 6 nitrogen and oxygen atoms in total. The Hall–Kier alpha value is -4.76. The van der Waals surface area contributed by atoms with E-state index >= 15 is 0 Å². The van der Waals surface area contributed by atoms with Crippen molar-refractivity contribution >= 4 is 17.2 Å². The van der Waals surface area contributed by atoms with Gasteiger partial charge in [0, 0.05) is 11.1 Å². The largest absolute Gasteiger partial charge is 0.530 e. The van der Waals surface area contributed by atoms with Gasteiger partial charge in [0.15, 0.2) is 0 Å². The van der Waals surface area contributed by atoms with Gasteiger partial charge in [-0.1, -0.05) is 97.1 Å². The molecule has 220 valence electrons. The lowest BCUT2D eigenvalue weighted by Gasteiger charge is -2.22. The first-order valence-corrected chi connectivity index (χ1v) is 16.4. The molecule has 0 amide bonds. The van der Waals surface area contributed by atoms with Crippen LogP contribution in [0.1, 0.15) is 12.8 Å². The maximum absolute atomic E-state index is 6.49. The maximum atomic E-state index is 6.49. The first kappa shape index (κ1) is 29.3. The Morgan fingerprint density at radius 3 is 1.23 bits per heavy atom. The number of allylic oxidation sites excluding steroid dienone is 3. The summed E-state index contributed by atoms with van der Waals surface area (Å²) in [4.78, 5) is 0. The molecule has 0 N–H and O–H groups in total. The van der Waals surface area contributed by atoms with Crippen molar-refractivity contribution in [2.45, 2.75) is 12.8 Å². The average Bonchev–Trinajstić information content (AvgIpc) is 3.07. The summed E-state index contributed by atoms with van der Waals surface area (Å²) in [6.07, 6.45) is 7.97. The fraction of sp³-hybridized carbons (Fsp3) is 0.0556. The predicted octanol–water partition coefficient (Wildman–Crippen LogP) is 11.1. The zero-order chi connectivity index (χ0) is 29.8. The van der Waals surface area contributed by atoms with E-state index in [0.717, 1.165) is 29.7 Å². The van der Waals surface area contributed by atoms with Crippen molar-refractivity contribution in [2.24, 2.45) is 0 Å². The molecule has 0 bridgehead atoms. The molecule has 0 radical (unpaired) electrons. The van der Waals surface area contributed by atoms with Gasteiger partial charge in [-0.05, 0) is 73.5 Å².